The second kappa shape index (κ2) is 7.45. The molecule has 0 saturated heterocycles. The summed E-state index contributed by atoms with van der Waals surface area (Å²) in [4.78, 5) is 42.6. The van der Waals surface area contributed by atoms with Crippen LogP contribution in [-0.2, 0) is 18.4 Å². The standard InChI is InChI=1S/C20H20ClFN6O3/c1-10(29)8-27-19-23-17-16(28(19)12(3)11(2)24-27)18(30)26(20(31)25(17)4)9-13-14(21)6-5-7-15(13)22/h5-7,12H,8-9H2,1-4H3/t12-/m0/s1. The van der Waals surface area contributed by atoms with E-state index >= 15 is 0 Å². The van der Waals surface area contributed by atoms with Gasteiger partial charge in [-0.05, 0) is 32.9 Å². The maximum atomic E-state index is 14.3. The zero-order valence-electron chi connectivity index (χ0n) is 17.4. The molecule has 3 aromatic rings. The van der Waals surface area contributed by atoms with Gasteiger partial charge in [-0.25, -0.2) is 14.2 Å². The van der Waals surface area contributed by atoms with Gasteiger partial charge in [0.15, 0.2) is 16.9 Å². The molecule has 0 spiro atoms. The van der Waals surface area contributed by atoms with Crippen LogP contribution in [0.3, 0.4) is 0 Å². The lowest BCUT2D eigenvalue weighted by Crippen LogP contribution is -2.41. The molecule has 1 aromatic carbocycles. The SMILES string of the molecule is CC(=O)CN1N=C(C)[C@H](C)n2c1nc1c2c(=O)n(Cc2c(F)cccc2Cl)c(=O)n1C. The number of anilines is 1. The van der Waals surface area contributed by atoms with Crippen molar-refractivity contribution in [3.8, 4) is 0 Å². The van der Waals surface area contributed by atoms with Crippen molar-refractivity contribution in [2.24, 2.45) is 12.1 Å². The van der Waals surface area contributed by atoms with Crippen molar-refractivity contribution in [3.05, 3.63) is 55.4 Å². The Morgan fingerprint density at radius 1 is 1.29 bits per heavy atom. The summed E-state index contributed by atoms with van der Waals surface area (Å²) in [5.41, 5.74) is -0.239. The highest BCUT2D eigenvalue weighted by molar-refractivity contribution is 6.31. The number of imidazole rings is 1. The van der Waals surface area contributed by atoms with Gasteiger partial charge in [0, 0.05) is 17.6 Å². The zero-order valence-corrected chi connectivity index (χ0v) is 18.1. The Bertz CT molecular complexity index is 1370. The molecule has 162 valence electrons. The monoisotopic (exact) mass is 446 g/mol. The first-order valence-electron chi connectivity index (χ1n) is 9.58. The summed E-state index contributed by atoms with van der Waals surface area (Å²) in [5.74, 6) is -0.455. The van der Waals surface area contributed by atoms with Crippen LogP contribution < -0.4 is 16.3 Å². The van der Waals surface area contributed by atoms with Gasteiger partial charge in [-0.2, -0.15) is 10.1 Å². The number of benzene rings is 1. The fourth-order valence-corrected chi connectivity index (χ4v) is 3.90. The lowest BCUT2D eigenvalue weighted by molar-refractivity contribution is -0.115. The lowest BCUT2D eigenvalue weighted by atomic mass is 10.2. The maximum absolute atomic E-state index is 14.3. The lowest BCUT2D eigenvalue weighted by Gasteiger charge is -2.28. The quantitative estimate of drug-likeness (QED) is 0.611. The number of hydrogen-bond donors (Lipinski definition) is 0. The van der Waals surface area contributed by atoms with E-state index in [1.807, 2.05) is 6.92 Å². The Kier molecular flexibility index (Phi) is 5.04. The molecule has 0 N–H and O–H groups in total. The van der Waals surface area contributed by atoms with Gasteiger partial charge in [-0.1, -0.05) is 17.7 Å². The van der Waals surface area contributed by atoms with Crippen LogP contribution >= 0.6 is 11.6 Å². The maximum Gasteiger partial charge on any atom is 0.332 e. The number of fused-ring (bicyclic) bond motifs is 3. The molecular formula is C20H20ClFN6O3. The number of aryl methyl sites for hydroxylation is 1. The Hall–Kier alpha value is -3.27. The van der Waals surface area contributed by atoms with Crippen molar-refractivity contribution in [2.75, 3.05) is 11.6 Å². The summed E-state index contributed by atoms with van der Waals surface area (Å²) in [6.45, 7) is 4.70. The first-order chi connectivity index (χ1) is 14.6. The van der Waals surface area contributed by atoms with Crippen molar-refractivity contribution in [1.82, 2.24) is 18.7 Å². The predicted octanol–water partition coefficient (Wildman–Crippen LogP) is 2.08. The van der Waals surface area contributed by atoms with Gasteiger partial charge in [0.1, 0.15) is 12.4 Å². The molecule has 2 aromatic heterocycles. The highest BCUT2D eigenvalue weighted by atomic mass is 35.5. The third-order valence-electron chi connectivity index (χ3n) is 5.41. The summed E-state index contributed by atoms with van der Waals surface area (Å²) in [7, 11) is 1.48. The average Bonchev–Trinajstić information content (AvgIpc) is 3.10. The molecule has 4 rings (SSSR count). The van der Waals surface area contributed by atoms with Crippen molar-refractivity contribution in [3.63, 3.8) is 0 Å². The number of ketones is 1. The van der Waals surface area contributed by atoms with Gasteiger partial charge in [-0.3, -0.25) is 23.3 Å². The number of halogens is 2. The second-order valence-electron chi connectivity index (χ2n) is 7.56. The molecule has 0 saturated carbocycles. The van der Waals surface area contributed by atoms with Gasteiger partial charge in [-0.15, -0.1) is 0 Å². The number of rotatable bonds is 4. The molecule has 9 nitrogen and oxygen atoms in total. The third-order valence-corrected chi connectivity index (χ3v) is 5.76. The van der Waals surface area contributed by atoms with Crippen LogP contribution in [0.4, 0.5) is 10.3 Å². The van der Waals surface area contributed by atoms with Crippen molar-refractivity contribution >= 4 is 40.2 Å². The van der Waals surface area contributed by atoms with Crippen molar-refractivity contribution in [2.45, 2.75) is 33.4 Å². The van der Waals surface area contributed by atoms with E-state index in [-0.39, 0.29) is 52.6 Å². The fraction of sp³-hybridized carbons (Fsp3) is 0.350. The molecular weight excluding hydrogens is 427 g/mol. The molecule has 31 heavy (non-hydrogen) atoms. The van der Waals surface area contributed by atoms with E-state index in [0.717, 1.165) is 4.57 Å². The van der Waals surface area contributed by atoms with Gasteiger partial charge < -0.3 is 0 Å². The highest BCUT2D eigenvalue weighted by Crippen LogP contribution is 2.29. The Labute approximate surface area is 181 Å². The van der Waals surface area contributed by atoms with Gasteiger partial charge in [0.2, 0.25) is 5.95 Å². The van der Waals surface area contributed by atoms with Crippen molar-refractivity contribution < 1.29 is 9.18 Å². The summed E-state index contributed by atoms with van der Waals surface area (Å²) >= 11 is 6.11. The molecule has 0 fully saturated rings. The van der Waals surface area contributed by atoms with Crippen LogP contribution in [0.15, 0.2) is 32.9 Å². The van der Waals surface area contributed by atoms with Crippen LogP contribution in [0.2, 0.25) is 5.02 Å². The predicted molar refractivity (Wildman–Crippen MR) is 116 cm³/mol. The van der Waals surface area contributed by atoms with Crippen LogP contribution in [0.1, 0.15) is 32.4 Å². The topological polar surface area (TPSA) is 94.5 Å². The Balaban J connectivity index is 2.00. The minimum absolute atomic E-state index is 0.0274. The zero-order chi connectivity index (χ0) is 22.6. The number of nitrogens with zero attached hydrogens (tertiary/aromatic N) is 6. The number of Topliss-reactive ketones (excluding diaryl/α,β-unsaturated/α-hetero) is 1. The van der Waals surface area contributed by atoms with E-state index in [1.54, 1.807) is 11.5 Å². The second-order valence-corrected chi connectivity index (χ2v) is 7.97. The van der Waals surface area contributed by atoms with Gasteiger partial charge in [0.25, 0.3) is 5.56 Å². The average molecular weight is 447 g/mol. The van der Waals surface area contributed by atoms with Crippen LogP contribution in [0, 0.1) is 5.82 Å². The first kappa shape index (κ1) is 21.0. The summed E-state index contributed by atoms with van der Waals surface area (Å²) in [5, 5.41) is 5.95. The van der Waals surface area contributed by atoms with E-state index in [9.17, 15) is 18.8 Å². The minimum atomic E-state index is -0.657. The minimum Gasteiger partial charge on any atom is -0.298 e. The van der Waals surface area contributed by atoms with E-state index < -0.39 is 17.1 Å². The van der Waals surface area contributed by atoms with E-state index in [4.69, 9.17) is 11.6 Å². The number of hydrogen-bond acceptors (Lipinski definition) is 6. The third kappa shape index (κ3) is 3.27. The number of hydrazone groups is 1. The fourth-order valence-electron chi connectivity index (χ4n) is 3.68. The smallest absolute Gasteiger partial charge is 0.298 e. The molecule has 3 heterocycles. The van der Waals surface area contributed by atoms with E-state index in [2.05, 4.69) is 10.1 Å². The summed E-state index contributed by atoms with van der Waals surface area (Å²) in [6.07, 6.45) is 0. The first-order valence-corrected chi connectivity index (χ1v) is 9.96. The normalized spacial score (nSPS) is 15.9. The largest absolute Gasteiger partial charge is 0.332 e. The molecule has 1 aliphatic heterocycles. The molecule has 1 atom stereocenters. The van der Waals surface area contributed by atoms with E-state index in [0.29, 0.717) is 5.71 Å². The van der Waals surface area contributed by atoms with Crippen molar-refractivity contribution in [1.29, 1.82) is 0 Å². The van der Waals surface area contributed by atoms with Gasteiger partial charge >= 0.3 is 5.69 Å². The Morgan fingerprint density at radius 2 is 2.00 bits per heavy atom. The molecule has 0 unspecified atom stereocenters. The summed E-state index contributed by atoms with van der Waals surface area (Å²) in [6, 6.07) is 3.83. The molecule has 0 radical (unpaired) electrons. The molecule has 0 bridgehead atoms. The molecule has 11 heteroatoms. The summed E-state index contributed by atoms with van der Waals surface area (Å²) < 4.78 is 18.1. The molecule has 1 aliphatic rings. The molecule has 0 amide bonds. The molecule has 0 aliphatic carbocycles. The van der Waals surface area contributed by atoms with Crippen LogP contribution in [0.5, 0.6) is 0 Å². The van der Waals surface area contributed by atoms with Crippen LogP contribution in [0.25, 0.3) is 11.2 Å². The number of aromatic nitrogens is 4. The van der Waals surface area contributed by atoms with Gasteiger partial charge in [0.05, 0.1) is 18.3 Å². The number of carbonyl (C=O) groups is 1. The Morgan fingerprint density at radius 3 is 2.65 bits per heavy atom. The highest BCUT2D eigenvalue weighted by Gasteiger charge is 2.31. The number of carbonyl (C=O) groups excluding carboxylic acids is 1. The van der Waals surface area contributed by atoms with Crippen LogP contribution in [-0.4, -0.2) is 36.7 Å². The van der Waals surface area contributed by atoms with E-state index in [1.165, 1.54) is 41.7 Å².